The number of carbonyl (C=O) groups excluding carboxylic acids is 2. The van der Waals surface area contributed by atoms with Gasteiger partial charge in [0.05, 0.1) is 13.2 Å². The summed E-state index contributed by atoms with van der Waals surface area (Å²) in [6, 6.07) is 0. The van der Waals surface area contributed by atoms with Crippen LogP contribution in [0.4, 0.5) is 9.59 Å². The predicted octanol–water partition coefficient (Wildman–Crippen LogP) is 2.39. The molecule has 0 amide bonds. The third-order valence-corrected chi connectivity index (χ3v) is 3.51. The molecule has 0 saturated heterocycles. The summed E-state index contributed by atoms with van der Waals surface area (Å²) in [7, 11) is 3.02. The van der Waals surface area contributed by atoms with Crippen molar-refractivity contribution < 1.29 is 38.0 Å². The second kappa shape index (κ2) is 13.0. The van der Waals surface area contributed by atoms with Gasteiger partial charge in [0.15, 0.2) is 0 Å². The molecule has 0 aromatic rings. The van der Waals surface area contributed by atoms with Crippen LogP contribution in [0.3, 0.4) is 0 Å². The molecule has 23 heavy (non-hydrogen) atoms. The van der Waals surface area contributed by atoms with E-state index in [0.29, 0.717) is 26.1 Å². The second-order valence-electron chi connectivity index (χ2n) is 4.97. The first kappa shape index (κ1) is 21.5. The maximum absolute atomic E-state index is 11.5. The Kier molecular flexibility index (Phi) is 12.1. The number of hydrogen-bond donors (Lipinski definition) is 0. The van der Waals surface area contributed by atoms with Crippen LogP contribution < -0.4 is 0 Å². The summed E-state index contributed by atoms with van der Waals surface area (Å²) in [5.74, 6) is 0. The van der Waals surface area contributed by atoms with Crippen LogP contribution in [-0.4, -0.2) is 66.2 Å². The molecule has 8 nitrogen and oxygen atoms in total. The minimum Gasteiger partial charge on any atom is -0.434 e. The van der Waals surface area contributed by atoms with E-state index in [-0.39, 0.29) is 26.4 Å². The molecule has 0 bridgehead atoms. The molecule has 0 aliphatic heterocycles. The lowest BCUT2D eigenvalue weighted by Crippen LogP contribution is -2.34. The molecule has 0 rings (SSSR count). The third kappa shape index (κ3) is 9.96. The van der Waals surface area contributed by atoms with Gasteiger partial charge in [-0.05, 0) is 12.8 Å². The highest BCUT2D eigenvalue weighted by atomic mass is 16.7. The Bertz CT molecular complexity index is 299. The summed E-state index contributed by atoms with van der Waals surface area (Å²) < 4.78 is 29.4. The first-order valence-electron chi connectivity index (χ1n) is 7.60. The fourth-order valence-corrected chi connectivity index (χ4v) is 1.62. The Hall–Kier alpha value is -1.54. The molecule has 0 saturated carbocycles. The van der Waals surface area contributed by atoms with Crippen LogP contribution in [0, 0.1) is 5.41 Å². The first-order valence-corrected chi connectivity index (χ1v) is 7.60. The molecule has 0 aliphatic carbocycles. The largest absolute Gasteiger partial charge is 0.508 e. The standard InChI is InChI=1S/C15H28O8/c1-5-15(6-2,11-22-13(16)20-9-7-18-3)12-23-14(17)21-10-8-19-4/h5-12H2,1-4H3. The van der Waals surface area contributed by atoms with Gasteiger partial charge >= 0.3 is 12.3 Å². The molecule has 136 valence electrons. The van der Waals surface area contributed by atoms with Crippen molar-refractivity contribution in [1.82, 2.24) is 0 Å². The van der Waals surface area contributed by atoms with Crippen LogP contribution in [0.2, 0.25) is 0 Å². The number of rotatable bonds is 12. The summed E-state index contributed by atoms with van der Waals surface area (Å²) >= 11 is 0. The van der Waals surface area contributed by atoms with Crippen molar-refractivity contribution in [1.29, 1.82) is 0 Å². The fraction of sp³-hybridized carbons (Fsp3) is 0.867. The van der Waals surface area contributed by atoms with Gasteiger partial charge in [0.2, 0.25) is 0 Å². The van der Waals surface area contributed by atoms with Crippen molar-refractivity contribution in [3.05, 3.63) is 0 Å². The monoisotopic (exact) mass is 336 g/mol. The quantitative estimate of drug-likeness (QED) is 0.396. The fourth-order valence-electron chi connectivity index (χ4n) is 1.62. The van der Waals surface area contributed by atoms with Gasteiger partial charge in [-0.1, -0.05) is 13.8 Å². The SMILES string of the molecule is CCC(CC)(COC(=O)OCCOC)COC(=O)OCCOC. The summed E-state index contributed by atoms with van der Waals surface area (Å²) in [6.07, 6.45) is -0.201. The van der Waals surface area contributed by atoms with E-state index in [9.17, 15) is 9.59 Å². The van der Waals surface area contributed by atoms with E-state index in [2.05, 4.69) is 0 Å². The van der Waals surface area contributed by atoms with Gasteiger partial charge in [-0.2, -0.15) is 0 Å². The second-order valence-corrected chi connectivity index (χ2v) is 4.97. The summed E-state index contributed by atoms with van der Waals surface area (Å²) in [4.78, 5) is 22.9. The topological polar surface area (TPSA) is 89.5 Å². The zero-order valence-electron chi connectivity index (χ0n) is 14.4. The summed E-state index contributed by atoms with van der Waals surface area (Å²) in [6.45, 7) is 4.92. The van der Waals surface area contributed by atoms with Gasteiger partial charge in [0.25, 0.3) is 0 Å². The lowest BCUT2D eigenvalue weighted by molar-refractivity contribution is -0.0291. The van der Waals surface area contributed by atoms with Crippen molar-refractivity contribution in [2.45, 2.75) is 26.7 Å². The minimum atomic E-state index is -0.768. The Balaban J connectivity index is 4.23. The molecule has 0 spiro atoms. The van der Waals surface area contributed by atoms with Gasteiger partial charge in [0, 0.05) is 19.6 Å². The summed E-state index contributed by atoms with van der Waals surface area (Å²) in [5, 5.41) is 0. The highest BCUT2D eigenvalue weighted by molar-refractivity contribution is 5.60. The molecule has 0 N–H and O–H groups in total. The molecule has 0 aromatic carbocycles. The van der Waals surface area contributed by atoms with E-state index in [1.807, 2.05) is 13.8 Å². The third-order valence-electron chi connectivity index (χ3n) is 3.51. The number of carbonyl (C=O) groups is 2. The highest BCUT2D eigenvalue weighted by Crippen LogP contribution is 2.27. The van der Waals surface area contributed by atoms with E-state index in [1.165, 1.54) is 14.2 Å². The van der Waals surface area contributed by atoms with Crippen LogP contribution in [0.1, 0.15) is 26.7 Å². The van der Waals surface area contributed by atoms with Gasteiger partial charge in [-0.3, -0.25) is 0 Å². The van der Waals surface area contributed by atoms with E-state index >= 15 is 0 Å². The Morgan fingerprint density at radius 3 is 1.39 bits per heavy atom. The lowest BCUT2D eigenvalue weighted by Gasteiger charge is -2.29. The molecular weight excluding hydrogens is 308 g/mol. The predicted molar refractivity (Wildman–Crippen MR) is 81.4 cm³/mol. The van der Waals surface area contributed by atoms with Gasteiger partial charge in [-0.15, -0.1) is 0 Å². The van der Waals surface area contributed by atoms with Crippen molar-refractivity contribution in [3.63, 3.8) is 0 Å². The Morgan fingerprint density at radius 2 is 1.09 bits per heavy atom. The van der Waals surface area contributed by atoms with Crippen LogP contribution >= 0.6 is 0 Å². The summed E-state index contributed by atoms with van der Waals surface area (Å²) in [5.41, 5.74) is -0.472. The normalized spacial score (nSPS) is 11.0. The maximum atomic E-state index is 11.5. The average Bonchev–Trinajstić information content (AvgIpc) is 2.56. The van der Waals surface area contributed by atoms with Crippen LogP contribution in [0.15, 0.2) is 0 Å². The van der Waals surface area contributed by atoms with Gasteiger partial charge < -0.3 is 28.4 Å². The van der Waals surface area contributed by atoms with E-state index in [4.69, 9.17) is 28.4 Å². The molecule has 0 fully saturated rings. The minimum absolute atomic E-state index is 0.0944. The molecule has 8 heteroatoms. The zero-order valence-corrected chi connectivity index (χ0v) is 14.4. The number of hydrogen-bond acceptors (Lipinski definition) is 8. The van der Waals surface area contributed by atoms with Crippen molar-refractivity contribution >= 4 is 12.3 Å². The van der Waals surface area contributed by atoms with Crippen molar-refractivity contribution in [3.8, 4) is 0 Å². The molecule has 0 aromatic heterocycles. The van der Waals surface area contributed by atoms with E-state index < -0.39 is 17.7 Å². The highest BCUT2D eigenvalue weighted by Gasteiger charge is 2.30. The molecule has 0 radical (unpaired) electrons. The van der Waals surface area contributed by atoms with Crippen molar-refractivity contribution in [2.24, 2.45) is 5.41 Å². The van der Waals surface area contributed by atoms with Gasteiger partial charge in [0.1, 0.15) is 26.4 Å². The maximum Gasteiger partial charge on any atom is 0.508 e. The molecule has 0 unspecified atom stereocenters. The number of methoxy groups -OCH3 is 2. The lowest BCUT2D eigenvalue weighted by atomic mass is 9.84. The smallest absolute Gasteiger partial charge is 0.434 e. The van der Waals surface area contributed by atoms with Crippen LogP contribution in [-0.2, 0) is 28.4 Å². The van der Waals surface area contributed by atoms with Crippen LogP contribution in [0.25, 0.3) is 0 Å². The molecule has 0 aliphatic rings. The van der Waals surface area contributed by atoms with Crippen LogP contribution in [0.5, 0.6) is 0 Å². The first-order chi connectivity index (χ1) is 11.0. The van der Waals surface area contributed by atoms with E-state index in [0.717, 1.165) is 0 Å². The Labute approximate surface area is 137 Å². The zero-order chi connectivity index (χ0) is 17.6. The average molecular weight is 336 g/mol. The Morgan fingerprint density at radius 1 is 0.696 bits per heavy atom. The molecular formula is C15H28O8. The molecule has 0 atom stereocenters. The van der Waals surface area contributed by atoms with Gasteiger partial charge in [-0.25, -0.2) is 9.59 Å². The molecule has 0 heterocycles. The van der Waals surface area contributed by atoms with E-state index in [1.54, 1.807) is 0 Å². The number of ether oxygens (including phenoxy) is 6. The van der Waals surface area contributed by atoms with Crippen molar-refractivity contribution in [2.75, 3.05) is 53.9 Å².